The van der Waals surface area contributed by atoms with Crippen molar-refractivity contribution in [3.63, 3.8) is 0 Å². The number of nitrogens with zero attached hydrogens (tertiary/aromatic N) is 1. The Hall–Kier alpha value is -1.52. The fraction of sp³-hybridized carbons (Fsp3) is 0.667. The van der Waals surface area contributed by atoms with Crippen LogP contribution in [0.5, 0.6) is 0 Å². The summed E-state index contributed by atoms with van der Waals surface area (Å²) in [6.45, 7) is 8.83. The van der Waals surface area contributed by atoms with Gasteiger partial charge < -0.3 is 9.84 Å². The molecule has 0 radical (unpaired) electrons. The third-order valence-electron chi connectivity index (χ3n) is 2.54. The number of carbonyl (C=O) groups excluding carboxylic acids is 1. The molecule has 0 saturated heterocycles. The van der Waals surface area contributed by atoms with Crippen molar-refractivity contribution in [2.75, 3.05) is 6.54 Å². The third-order valence-corrected chi connectivity index (χ3v) is 2.54. The van der Waals surface area contributed by atoms with Gasteiger partial charge in [0.2, 0.25) is 0 Å². The number of rotatable bonds is 1. The minimum Gasteiger partial charge on any atom is -0.479 e. The molecule has 5 heteroatoms. The Kier molecular flexibility index (Phi) is 3.23. The Balaban J connectivity index is 2.93. The van der Waals surface area contributed by atoms with Gasteiger partial charge in [0.1, 0.15) is 5.60 Å². The average molecular weight is 241 g/mol. The smallest absolute Gasteiger partial charge is 0.411 e. The quantitative estimate of drug-likeness (QED) is 0.713. The number of carboxylic acids is 1. The van der Waals surface area contributed by atoms with Crippen molar-refractivity contribution in [1.29, 1.82) is 0 Å². The molecule has 17 heavy (non-hydrogen) atoms. The van der Waals surface area contributed by atoms with Crippen molar-refractivity contribution in [2.24, 2.45) is 0 Å². The lowest BCUT2D eigenvalue weighted by atomic mass is 10.0. The van der Waals surface area contributed by atoms with Crippen LogP contribution in [0.2, 0.25) is 0 Å². The first-order valence-electron chi connectivity index (χ1n) is 5.48. The van der Waals surface area contributed by atoms with Crippen molar-refractivity contribution in [1.82, 2.24) is 4.90 Å². The van der Waals surface area contributed by atoms with Gasteiger partial charge in [-0.05, 0) is 40.7 Å². The molecule has 1 heterocycles. The second-order valence-corrected chi connectivity index (χ2v) is 5.51. The molecular formula is C12H19NO4. The van der Waals surface area contributed by atoms with Gasteiger partial charge in [-0.15, -0.1) is 0 Å². The van der Waals surface area contributed by atoms with Crippen LogP contribution in [0.15, 0.2) is 11.6 Å². The van der Waals surface area contributed by atoms with Crippen LogP contribution in [-0.4, -0.2) is 39.8 Å². The Labute approximate surface area is 101 Å². The van der Waals surface area contributed by atoms with Crippen LogP contribution in [0.4, 0.5) is 4.79 Å². The van der Waals surface area contributed by atoms with Crippen LogP contribution in [0.1, 0.15) is 34.6 Å². The van der Waals surface area contributed by atoms with Crippen molar-refractivity contribution in [2.45, 2.75) is 45.8 Å². The highest BCUT2D eigenvalue weighted by atomic mass is 16.6. The zero-order valence-corrected chi connectivity index (χ0v) is 10.9. The molecule has 1 atom stereocenters. The maximum absolute atomic E-state index is 11.9. The predicted molar refractivity (Wildman–Crippen MR) is 62.7 cm³/mol. The summed E-state index contributed by atoms with van der Waals surface area (Å²) in [5.41, 5.74) is -1.10. The molecule has 1 aliphatic rings. The van der Waals surface area contributed by atoms with Crippen molar-refractivity contribution < 1.29 is 19.4 Å². The highest BCUT2D eigenvalue weighted by Crippen LogP contribution is 2.29. The Bertz CT molecular complexity index is 380. The summed E-state index contributed by atoms with van der Waals surface area (Å²) in [7, 11) is 0. The number of hydrogen-bond donors (Lipinski definition) is 1. The number of ether oxygens (including phenoxy) is 1. The zero-order valence-electron chi connectivity index (χ0n) is 10.9. The predicted octanol–water partition coefficient (Wildman–Crippen LogP) is 2.03. The molecule has 96 valence electrons. The van der Waals surface area contributed by atoms with E-state index in [1.807, 2.05) is 0 Å². The number of carboxylic acid groups (broad SMARTS) is 1. The van der Waals surface area contributed by atoms with Gasteiger partial charge in [-0.3, -0.25) is 4.90 Å². The van der Waals surface area contributed by atoms with E-state index < -0.39 is 23.2 Å². The molecule has 0 aromatic carbocycles. The van der Waals surface area contributed by atoms with Gasteiger partial charge in [-0.1, -0.05) is 5.57 Å². The number of carbonyl (C=O) groups is 2. The summed E-state index contributed by atoms with van der Waals surface area (Å²) in [6, 6.07) is 0. The molecule has 1 aliphatic heterocycles. The topological polar surface area (TPSA) is 66.8 Å². The summed E-state index contributed by atoms with van der Waals surface area (Å²) in [6.07, 6.45) is 0.981. The average Bonchev–Trinajstić information content (AvgIpc) is 2.40. The van der Waals surface area contributed by atoms with Crippen molar-refractivity contribution in [3.05, 3.63) is 11.6 Å². The first kappa shape index (κ1) is 13.5. The van der Waals surface area contributed by atoms with Crippen molar-refractivity contribution in [3.8, 4) is 0 Å². The lowest BCUT2D eigenvalue weighted by molar-refractivity contribution is -0.146. The van der Waals surface area contributed by atoms with Crippen LogP contribution < -0.4 is 0 Å². The third kappa shape index (κ3) is 2.78. The summed E-state index contributed by atoms with van der Waals surface area (Å²) < 4.78 is 5.21. The van der Waals surface area contributed by atoms with Crippen LogP contribution in [0.3, 0.4) is 0 Å². The SMILES string of the molecule is CC1=C[C@@](C)(C(=O)O)N(C(=O)OC(C)(C)C)C1. The molecule has 0 fully saturated rings. The van der Waals surface area contributed by atoms with Gasteiger partial charge in [-0.2, -0.15) is 0 Å². The molecule has 0 saturated carbocycles. The summed E-state index contributed by atoms with van der Waals surface area (Å²) in [4.78, 5) is 24.4. The second-order valence-electron chi connectivity index (χ2n) is 5.51. The fourth-order valence-electron chi connectivity index (χ4n) is 1.77. The van der Waals surface area contributed by atoms with Crippen LogP contribution in [-0.2, 0) is 9.53 Å². The molecule has 0 spiro atoms. The molecule has 0 aliphatic carbocycles. The molecule has 0 bridgehead atoms. The van der Waals surface area contributed by atoms with Gasteiger partial charge in [0.25, 0.3) is 0 Å². The van der Waals surface area contributed by atoms with E-state index in [2.05, 4.69) is 0 Å². The van der Waals surface area contributed by atoms with Crippen LogP contribution in [0, 0.1) is 0 Å². The van der Waals surface area contributed by atoms with Gasteiger partial charge in [0.05, 0.1) is 0 Å². The minimum atomic E-state index is -1.31. The second kappa shape index (κ2) is 4.05. The monoisotopic (exact) mass is 241 g/mol. The fourth-order valence-corrected chi connectivity index (χ4v) is 1.77. The van der Waals surface area contributed by atoms with Crippen LogP contribution >= 0.6 is 0 Å². The largest absolute Gasteiger partial charge is 0.479 e. The highest BCUT2D eigenvalue weighted by Gasteiger charge is 2.46. The normalized spacial score (nSPS) is 24.5. The van der Waals surface area contributed by atoms with E-state index in [1.165, 1.54) is 11.8 Å². The lowest BCUT2D eigenvalue weighted by Crippen LogP contribution is -2.52. The highest BCUT2D eigenvalue weighted by molar-refractivity contribution is 5.87. The molecule has 1 rings (SSSR count). The Morgan fingerprint density at radius 2 is 2.00 bits per heavy atom. The molecule has 5 nitrogen and oxygen atoms in total. The van der Waals surface area contributed by atoms with E-state index in [0.29, 0.717) is 0 Å². The Morgan fingerprint density at radius 3 is 2.41 bits per heavy atom. The standard InChI is InChI=1S/C12H19NO4/c1-8-6-12(5,9(14)15)13(7-8)10(16)17-11(2,3)4/h6H,7H2,1-5H3,(H,14,15)/t12-/m0/s1. The number of hydrogen-bond acceptors (Lipinski definition) is 3. The molecule has 0 aromatic rings. The Morgan fingerprint density at radius 1 is 1.47 bits per heavy atom. The van der Waals surface area contributed by atoms with Crippen LogP contribution in [0.25, 0.3) is 0 Å². The summed E-state index contributed by atoms with van der Waals surface area (Å²) in [5, 5.41) is 9.21. The first-order valence-corrected chi connectivity index (χ1v) is 5.48. The van der Waals surface area contributed by atoms with Gasteiger partial charge in [0, 0.05) is 6.54 Å². The van der Waals surface area contributed by atoms with Crippen molar-refractivity contribution >= 4 is 12.1 Å². The summed E-state index contributed by atoms with van der Waals surface area (Å²) >= 11 is 0. The van der Waals surface area contributed by atoms with E-state index in [4.69, 9.17) is 4.74 Å². The number of aliphatic carboxylic acids is 1. The van der Waals surface area contributed by atoms with E-state index in [9.17, 15) is 14.7 Å². The number of amides is 1. The minimum absolute atomic E-state index is 0.289. The maximum Gasteiger partial charge on any atom is 0.411 e. The maximum atomic E-state index is 11.9. The zero-order chi connectivity index (χ0) is 13.4. The molecule has 1 N–H and O–H groups in total. The van der Waals surface area contributed by atoms with E-state index in [1.54, 1.807) is 33.8 Å². The van der Waals surface area contributed by atoms with E-state index >= 15 is 0 Å². The van der Waals surface area contributed by atoms with E-state index in [-0.39, 0.29) is 6.54 Å². The van der Waals surface area contributed by atoms with Gasteiger partial charge in [-0.25, -0.2) is 9.59 Å². The molecular weight excluding hydrogens is 222 g/mol. The first-order chi connectivity index (χ1) is 7.56. The van der Waals surface area contributed by atoms with E-state index in [0.717, 1.165) is 5.57 Å². The molecule has 0 aromatic heterocycles. The molecule has 0 unspecified atom stereocenters. The van der Waals surface area contributed by atoms with Gasteiger partial charge in [0.15, 0.2) is 5.54 Å². The molecule has 1 amide bonds. The lowest BCUT2D eigenvalue weighted by Gasteiger charge is -2.32. The summed E-state index contributed by atoms with van der Waals surface area (Å²) in [5.74, 6) is -1.06. The van der Waals surface area contributed by atoms with Gasteiger partial charge >= 0.3 is 12.1 Å².